The summed E-state index contributed by atoms with van der Waals surface area (Å²) in [5.41, 5.74) is 0. The van der Waals surface area contributed by atoms with E-state index in [1.54, 1.807) is 0 Å². The molecule has 0 aliphatic carbocycles. The van der Waals surface area contributed by atoms with Crippen molar-refractivity contribution in [2.75, 3.05) is 6.61 Å². The topological polar surface area (TPSA) is 9.23 Å². The molecular formula is C15H34OSi. The number of rotatable bonds is 8. The summed E-state index contributed by atoms with van der Waals surface area (Å²) in [6.07, 6.45) is 6.63. The van der Waals surface area contributed by atoms with Crippen molar-refractivity contribution < 1.29 is 4.43 Å². The van der Waals surface area contributed by atoms with Crippen LogP contribution in [0.4, 0.5) is 0 Å². The van der Waals surface area contributed by atoms with Crippen LogP contribution in [-0.4, -0.2) is 14.9 Å². The Labute approximate surface area is 110 Å². The Bertz CT molecular complexity index is 194. The summed E-state index contributed by atoms with van der Waals surface area (Å²) < 4.78 is 6.25. The Kier molecular flexibility index (Phi) is 7.66. The third-order valence-corrected chi connectivity index (χ3v) is 8.88. The van der Waals surface area contributed by atoms with Gasteiger partial charge in [0.15, 0.2) is 8.32 Å². The molecule has 0 unspecified atom stereocenters. The van der Waals surface area contributed by atoms with Gasteiger partial charge in [-0.05, 0) is 30.5 Å². The van der Waals surface area contributed by atoms with Crippen molar-refractivity contribution in [3.05, 3.63) is 0 Å². The predicted molar refractivity (Wildman–Crippen MR) is 81.1 cm³/mol. The monoisotopic (exact) mass is 258 g/mol. The van der Waals surface area contributed by atoms with Gasteiger partial charge in [-0.2, -0.15) is 0 Å². The minimum Gasteiger partial charge on any atom is -0.417 e. The highest BCUT2D eigenvalue weighted by molar-refractivity contribution is 6.74. The predicted octanol–water partition coefficient (Wildman–Crippen LogP) is 5.61. The maximum atomic E-state index is 6.25. The first-order valence-electron chi connectivity index (χ1n) is 7.38. The molecule has 0 N–H and O–H groups in total. The van der Waals surface area contributed by atoms with Crippen molar-refractivity contribution in [1.29, 1.82) is 0 Å². The van der Waals surface area contributed by atoms with Gasteiger partial charge in [-0.25, -0.2) is 0 Å². The fraction of sp³-hybridized carbons (Fsp3) is 1.00. The Hall–Kier alpha value is 0.177. The smallest absolute Gasteiger partial charge is 0.191 e. The summed E-state index contributed by atoms with van der Waals surface area (Å²) in [6, 6.07) is 0. The molecule has 0 bridgehead atoms. The number of hydrogen-bond donors (Lipinski definition) is 0. The zero-order valence-electron chi connectivity index (χ0n) is 13.2. The Morgan fingerprint density at radius 1 is 1.06 bits per heavy atom. The van der Waals surface area contributed by atoms with Crippen molar-refractivity contribution in [1.82, 2.24) is 0 Å². The van der Waals surface area contributed by atoms with E-state index in [2.05, 4.69) is 47.7 Å². The van der Waals surface area contributed by atoms with E-state index in [1.165, 1.54) is 32.1 Å². The molecule has 0 spiro atoms. The van der Waals surface area contributed by atoms with Crippen molar-refractivity contribution >= 4 is 8.32 Å². The third-order valence-electron chi connectivity index (χ3n) is 4.34. The molecule has 0 fully saturated rings. The van der Waals surface area contributed by atoms with Gasteiger partial charge >= 0.3 is 0 Å². The molecule has 1 atom stereocenters. The van der Waals surface area contributed by atoms with Crippen LogP contribution in [-0.2, 0) is 4.43 Å². The lowest BCUT2D eigenvalue weighted by molar-refractivity contribution is 0.246. The largest absolute Gasteiger partial charge is 0.417 e. The molecule has 0 saturated carbocycles. The van der Waals surface area contributed by atoms with Gasteiger partial charge in [-0.3, -0.25) is 0 Å². The summed E-state index contributed by atoms with van der Waals surface area (Å²) in [6.45, 7) is 17.2. The molecule has 1 nitrogen and oxygen atoms in total. The quantitative estimate of drug-likeness (QED) is 0.514. The van der Waals surface area contributed by atoms with Crippen LogP contribution < -0.4 is 0 Å². The summed E-state index contributed by atoms with van der Waals surface area (Å²) in [5, 5.41) is 0.345. The van der Waals surface area contributed by atoms with E-state index < -0.39 is 8.32 Å². The maximum Gasteiger partial charge on any atom is 0.191 e. The van der Waals surface area contributed by atoms with Crippen molar-refractivity contribution in [2.45, 2.75) is 84.9 Å². The lowest BCUT2D eigenvalue weighted by atomic mass is 9.96. The Morgan fingerprint density at radius 2 is 1.65 bits per heavy atom. The first kappa shape index (κ1) is 17.2. The van der Waals surface area contributed by atoms with Gasteiger partial charge in [0.2, 0.25) is 0 Å². The first-order chi connectivity index (χ1) is 7.74. The molecule has 0 radical (unpaired) electrons. The summed E-state index contributed by atoms with van der Waals surface area (Å²) in [4.78, 5) is 0. The van der Waals surface area contributed by atoms with E-state index in [-0.39, 0.29) is 0 Å². The van der Waals surface area contributed by atoms with Crippen LogP contribution in [0.3, 0.4) is 0 Å². The third kappa shape index (κ3) is 6.61. The van der Waals surface area contributed by atoms with Crippen LogP contribution in [0.2, 0.25) is 18.1 Å². The van der Waals surface area contributed by atoms with Crippen LogP contribution in [0.15, 0.2) is 0 Å². The Balaban J connectivity index is 3.96. The average Bonchev–Trinajstić information content (AvgIpc) is 2.21. The van der Waals surface area contributed by atoms with Crippen molar-refractivity contribution in [2.24, 2.45) is 5.92 Å². The Morgan fingerprint density at radius 3 is 2.06 bits per heavy atom. The normalized spacial score (nSPS) is 15.0. The lowest BCUT2D eigenvalue weighted by Gasteiger charge is -2.36. The molecule has 0 aliphatic heterocycles. The SMILES string of the molecule is CCCC[C@H](CC)CCO[Si](C)(C)C(C)(C)C. The molecule has 0 aromatic rings. The molecule has 104 valence electrons. The molecule has 0 aromatic heterocycles. The van der Waals surface area contributed by atoms with Gasteiger partial charge in [0.25, 0.3) is 0 Å². The fourth-order valence-corrected chi connectivity index (χ4v) is 2.80. The second-order valence-electron chi connectivity index (χ2n) is 6.81. The highest BCUT2D eigenvalue weighted by Crippen LogP contribution is 2.36. The van der Waals surface area contributed by atoms with E-state index in [1.807, 2.05) is 0 Å². The molecule has 0 amide bonds. The molecule has 0 rings (SSSR count). The van der Waals surface area contributed by atoms with Crippen molar-refractivity contribution in [3.63, 3.8) is 0 Å². The van der Waals surface area contributed by atoms with Crippen molar-refractivity contribution in [3.8, 4) is 0 Å². The van der Waals surface area contributed by atoms with E-state index in [0.29, 0.717) is 5.04 Å². The van der Waals surface area contributed by atoms with Gasteiger partial charge in [-0.15, -0.1) is 0 Å². The molecule has 0 aromatic carbocycles. The van der Waals surface area contributed by atoms with Gasteiger partial charge in [0, 0.05) is 6.61 Å². The number of hydrogen-bond acceptors (Lipinski definition) is 1. The standard InChI is InChI=1S/C15H34OSi/c1-8-10-11-14(9-2)12-13-16-17(6,7)15(3,4)5/h14H,8-13H2,1-7H3/t14-/m0/s1. The molecule has 17 heavy (non-hydrogen) atoms. The second-order valence-corrected chi connectivity index (χ2v) is 11.6. The van der Waals surface area contributed by atoms with Gasteiger partial charge in [0.1, 0.15) is 0 Å². The van der Waals surface area contributed by atoms with Gasteiger partial charge in [0.05, 0.1) is 0 Å². The first-order valence-corrected chi connectivity index (χ1v) is 10.3. The number of unbranched alkanes of at least 4 members (excludes halogenated alkanes) is 1. The fourth-order valence-electron chi connectivity index (χ4n) is 1.74. The van der Waals surface area contributed by atoms with E-state index in [0.717, 1.165) is 12.5 Å². The summed E-state index contributed by atoms with van der Waals surface area (Å²) >= 11 is 0. The van der Waals surface area contributed by atoms with Crippen LogP contribution in [0, 0.1) is 5.92 Å². The molecular weight excluding hydrogens is 224 g/mol. The van der Waals surface area contributed by atoms with E-state index >= 15 is 0 Å². The average molecular weight is 259 g/mol. The van der Waals surface area contributed by atoms with Crippen LogP contribution >= 0.6 is 0 Å². The van der Waals surface area contributed by atoms with Crippen LogP contribution in [0.25, 0.3) is 0 Å². The minimum absolute atomic E-state index is 0.345. The van der Waals surface area contributed by atoms with Crippen LogP contribution in [0.1, 0.15) is 66.7 Å². The van der Waals surface area contributed by atoms with Crippen LogP contribution in [0.5, 0.6) is 0 Å². The van der Waals surface area contributed by atoms with Gasteiger partial charge in [-0.1, -0.05) is 60.3 Å². The molecule has 0 heterocycles. The zero-order chi connectivity index (χ0) is 13.5. The minimum atomic E-state index is -1.52. The summed E-state index contributed by atoms with van der Waals surface area (Å²) in [5.74, 6) is 0.875. The van der Waals surface area contributed by atoms with E-state index in [9.17, 15) is 0 Å². The zero-order valence-corrected chi connectivity index (χ0v) is 14.2. The molecule has 0 aliphatic rings. The van der Waals surface area contributed by atoms with Gasteiger partial charge < -0.3 is 4.43 Å². The molecule has 0 saturated heterocycles. The molecule has 2 heteroatoms. The highest BCUT2D eigenvalue weighted by Gasteiger charge is 2.36. The lowest BCUT2D eigenvalue weighted by Crippen LogP contribution is -2.41. The van der Waals surface area contributed by atoms with E-state index in [4.69, 9.17) is 4.43 Å². The summed E-state index contributed by atoms with van der Waals surface area (Å²) in [7, 11) is -1.52. The highest BCUT2D eigenvalue weighted by atomic mass is 28.4. The second kappa shape index (κ2) is 7.58. The maximum absolute atomic E-state index is 6.25.